The van der Waals surface area contributed by atoms with Gasteiger partial charge in [0, 0.05) is 23.9 Å². The van der Waals surface area contributed by atoms with Crippen molar-refractivity contribution >= 4 is 11.9 Å². The molecule has 6 rings (SSSR count). The van der Waals surface area contributed by atoms with E-state index < -0.39 is 0 Å². The molecule has 0 spiro atoms. The Morgan fingerprint density at radius 2 is 1.51 bits per heavy atom. The lowest BCUT2D eigenvalue weighted by Crippen LogP contribution is -2.55. The molecule has 3 aliphatic rings. The lowest BCUT2D eigenvalue weighted by atomic mass is 9.75. The highest BCUT2D eigenvalue weighted by molar-refractivity contribution is 6.00. The lowest BCUT2D eigenvalue weighted by Gasteiger charge is -2.47. The minimum atomic E-state index is -0.240. The van der Waals surface area contributed by atoms with Crippen molar-refractivity contribution < 1.29 is 19.1 Å². The molecular formula is C32H33NO4. The van der Waals surface area contributed by atoms with Gasteiger partial charge < -0.3 is 14.4 Å². The number of carbonyl (C=O) groups is 2. The summed E-state index contributed by atoms with van der Waals surface area (Å²) in [6, 6.07) is 22.6. The number of methoxy groups -OCH3 is 1. The first kappa shape index (κ1) is 23.8. The Hall–Kier alpha value is -3.60. The molecule has 5 nitrogen and oxygen atoms in total. The van der Waals surface area contributed by atoms with Gasteiger partial charge in [-0.05, 0) is 73.4 Å². The Balaban J connectivity index is 1.17. The van der Waals surface area contributed by atoms with E-state index in [1.807, 2.05) is 30.0 Å². The Kier molecular flexibility index (Phi) is 6.23. The molecule has 37 heavy (non-hydrogen) atoms. The van der Waals surface area contributed by atoms with Crippen molar-refractivity contribution in [3.63, 3.8) is 0 Å². The van der Waals surface area contributed by atoms with E-state index in [2.05, 4.69) is 48.5 Å². The number of aryl methyl sites for hydroxylation is 1. The summed E-state index contributed by atoms with van der Waals surface area (Å²) in [5.74, 6) is 0.692. The zero-order valence-corrected chi connectivity index (χ0v) is 21.5. The normalized spacial score (nSPS) is 22.2. The first-order valence-corrected chi connectivity index (χ1v) is 13.4. The lowest BCUT2D eigenvalue weighted by molar-refractivity contribution is 0.00645. The fourth-order valence-corrected chi connectivity index (χ4v) is 6.80. The molecule has 2 atom stereocenters. The van der Waals surface area contributed by atoms with Gasteiger partial charge in [-0.25, -0.2) is 4.79 Å². The molecule has 0 aromatic heterocycles. The molecule has 1 aliphatic carbocycles. The third-order valence-electron chi connectivity index (χ3n) is 8.51. The second-order valence-corrected chi connectivity index (χ2v) is 10.7. The SMILES string of the molecule is COc1ccc(C)cc1C(=O)C1CC2CCCC(C1)N2C(=O)OCC1c2ccccc2-c2ccccc21. The summed E-state index contributed by atoms with van der Waals surface area (Å²) in [7, 11) is 1.61. The summed E-state index contributed by atoms with van der Waals surface area (Å²) >= 11 is 0. The first-order valence-electron chi connectivity index (χ1n) is 13.4. The largest absolute Gasteiger partial charge is 0.496 e. The van der Waals surface area contributed by atoms with Crippen LogP contribution in [0.25, 0.3) is 11.1 Å². The van der Waals surface area contributed by atoms with Crippen LogP contribution in [0.3, 0.4) is 0 Å². The Morgan fingerprint density at radius 1 is 0.892 bits per heavy atom. The Morgan fingerprint density at radius 3 is 2.14 bits per heavy atom. The van der Waals surface area contributed by atoms with Gasteiger partial charge in [-0.15, -0.1) is 0 Å². The molecule has 2 saturated heterocycles. The first-order chi connectivity index (χ1) is 18.0. The summed E-state index contributed by atoms with van der Waals surface area (Å²) in [6.45, 7) is 2.32. The molecular weight excluding hydrogens is 462 g/mol. The standard InChI is InChI=1S/C32H33NO4/c1-20-14-15-30(36-2)28(16-20)31(34)21-17-22-8-7-9-23(18-21)33(22)32(35)37-19-29-26-12-5-3-10-24(26)25-11-4-6-13-27(25)29/h3-6,10-16,21-23,29H,7-9,17-19H2,1-2H3. The number of fused-ring (bicyclic) bond motifs is 5. The highest BCUT2D eigenvalue weighted by Gasteiger charge is 2.44. The number of nitrogens with zero attached hydrogens (tertiary/aromatic N) is 1. The second kappa shape index (κ2) is 9.70. The van der Waals surface area contributed by atoms with Crippen molar-refractivity contribution in [1.82, 2.24) is 4.90 Å². The number of ketones is 1. The number of rotatable bonds is 5. The minimum absolute atomic E-state index is 0.0351. The van der Waals surface area contributed by atoms with Gasteiger partial charge in [0.1, 0.15) is 12.4 Å². The number of amides is 1. The van der Waals surface area contributed by atoms with Gasteiger partial charge >= 0.3 is 6.09 Å². The van der Waals surface area contributed by atoms with Crippen LogP contribution in [0.5, 0.6) is 5.75 Å². The second-order valence-electron chi connectivity index (χ2n) is 10.7. The van der Waals surface area contributed by atoms with Crippen molar-refractivity contribution in [1.29, 1.82) is 0 Å². The summed E-state index contributed by atoms with van der Waals surface area (Å²) in [6.07, 6.45) is 4.02. The molecule has 2 bridgehead atoms. The van der Waals surface area contributed by atoms with Gasteiger partial charge in [0.2, 0.25) is 0 Å². The Labute approximate surface area is 218 Å². The topological polar surface area (TPSA) is 55.8 Å². The fraction of sp³-hybridized carbons (Fsp3) is 0.375. The van der Waals surface area contributed by atoms with Crippen LogP contribution in [0.15, 0.2) is 66.7 Å². The average Bonchev–Trinajstić information content (AvgIpc) is 3.24. The van der Waals surface area contributed by atoms with Gasteiger partial charge in [-0.3, -0.25) is 4.79 Å². The monoisotopic (exact) mass is 495 g/mol. The molecule has 5 heteroatoms. The molecule has 2 unspecified atom stereocenters. The van der Waals surface area contributed by atoms with Crippen LogP contribution in [0.1, 0.15) is 65.1 Å². The number of piperidine rings is 2. The number of ether oxygens (including phenoxy) is 2. The molecule has 3 aromatic rings. The number of hydrogen-bond donors (Lipinski definition) is 0. The number of hydrogen-bond acceptors (Lipinski definition) is 4. The molecule has 2 heterocycles. The van der Waals surface area contributed by atoms with Gasteiger partial charge in [-0.2, -0.15) is 0 Å². The van der Waals surface area contributed by atoms with Crippen LogP contribution in [-0.4, -0.2) is 42.6 Å². The van der Waals surface area contributed by atoms with Crippen molar-refractivity contribution in [3.05, 3.63) is 89.0 Å². The van der Waals surface area contributed by atoms with Gasteiger partial charge in [0.05, 0.1) is 12.7 Å². The maximum Gasteiger partial charge on any atom is 0.410 e. The van der Waals surface area contributed by atoms with E-state index in [0.29, 0.717) is 30.8 Å². The van der Waals surface area contributed by atoms with Gasteiger partial charge in [0.15, 0.2) is 5.78 Å². The number of carbonyl (C=O) groups excluding carboxylic acids is 2. The summed E-state index contributed by atoms with van der Waals surface area (Å²) < 4.78 is 11.5. The van der Waals surface area contributed by atoms with E-state index in [1.165, 1.54) is 22.3 Å². The highest BCUT2D eigenvalue weighted by atomic mass is 16.6. The van der Waals surface area contributed by atoms with E-state index >= 15 is 0 Å². The van der Waals surface area contributed by atoms with Crippen LogP contribution in [0.4, 0.5) is 4.79 Å². The zero-order valence-electron chi connectivity index (χ0n) is 21.5. The van der Waals surface area contributed by atoms with E-state index in [4.69, 9.17) is 9.47 Å². The van der Waals surface area contributed by atoms with Gasteiger partial charge in [-0.1, -0.05) is 60.2 Å². The zero-order chi connectivity index (χ0) is 25.5. The van der Waals surface area contributed by atoms with E-state index in [9.17, 15) is 9.59 Å². The predicted molar refractivity (Wildman–Crippen MR) is 143 cm³/mol. The summed E-state index contributed by atoms with van der Waals surface area (Å²) in [5, 5.41) is 0. The van der Waals surface area contributed by atoms with E-state index in [0.717, 1.165) is 24.8 Å². The molecule has 2 fully saturated rings. The molecule has 2 aliphatic heterocycles. The quantitative estimate of drug-likeness (QED) is 0.367. The maximum atomic E-state index is 13.6. The van der Waals surface area contributed by atoms with Gasteiger partial charge in [0.25, 0.3) is 0 Å². The molecule has 0 radical (unpaired) electrons. The molecule has 190 valence electrons. The molecule has 3 aromatic carbocycles. The maximum absolute atomic E-state index is 13.6. The molecule has 0 N–H and O–H groups in total. The number of Topliss-reactive ketones (excluding diaryl/α,β-unsaturated/α-hetero) is 1. The van der Waals surface area contributed by atoms with Crippen molar-refractivity contribution in [2.45, 2.75) is 57.0 Å². The third kappa shape index (κ3) is 4.20. The van der Waals surface area contributed by atoms with Crippen LogP contribution in [0, 0.1) is 12.8 Å². The van der Waals surface area contributed by atoms with Crippen LogP contribution in [0.2, 0.25) is 0 Å². The summed E-state index contributed by atoms with van der Waals surface area (Å²) in [4.78, 5) is 29.0. The van der Waals surface area contributed by atoms with E-state index in [-0.39, 0.29) is 35.8 Å². The predicted octanol–water partition coefficient (Wildman–Crippen LogP) is 6.77. The van der Waals surface area contributed by atoms with Crippen molar-refractivity contribution in [2.75, 3.05) is 13.7 Å². The molecule has 0 saturated carbocycles. The smallest absolute Gasteiger partial charge is 0.410 e. The average molecular weight is 496 g/mol. The minimum Gasteiger partial charge on any atom is -0.496 e. The Bertz CT molecular complexity index is 1290. The van der Waals surface area contributed by atoms with Crippen molar-refractivity contribution in [3.8, 4) is 16.9 Å². The van der Waals surface area contributed by atoms with Crippen LogP contribution < -0.4 is 4.74 Å². The van der Waals surface area contributed by atoms with Crippen LogP contribution in [-0.2, 0) is 4.74 Å². The van der Waals surface area contributed by atoms with Crippen LogP contribution >= 0.6 is 0 Å². The fourth-order valence-electron chi connectivity index (χ4n) is 6.80. The molecule has 1 amide bonds. The summed E-state index contributed by atoms with van der Waals surface area (Å²) in [5.41, 5.74) is 6.57. The third-order valence-corrected chi connectivity index (χ3v) is 8.51. The van der Waals surface area contributed by atoms with Crippen molar-refractivity contribution in [2.24, 2.45) is 5.92 Å². The number of benzene rings is 3. The van der Waals surface area contributed by atoms with E-state index in [1.54, 1.807) is 7.11 Å². The highest BCUT2D eigenvalue weighted by Crippen LogP contribution is 2.45.